The van der Waals surface area contributed by atoms with Crippen LogP contribution in [0.2, 0.25) is 5.02 Å². The van der Waals surface area contributed by atoms with Gasteiger partial charge in [-0.2, -0.15) is 5.26 Å². The molecule has 1 saturated heterocycles. The standard InChI is InChI=1S/C24H35ClN4O/c1-19-16-21(25)18-23(17-19)29-14-12-28(13-15-29)11-9-20-5-7-22(8-6-20)27-24(30)4-2-3-10-26/h16-18,20,22H,2-9,11-15H2,1H3,(H,27,30). The number of hydrogen-bond donors (Lipinski definition) is 1. The van der Waals surface area contributed by atoms with Crippen LogP contribution in [0, 0.1) is 24.2 Å². The maximum absolute atomic E-state index is 11.9. The Bertz CT molecular complexity index is 711. The van der Waals surface area contributed by atoms with Crippen molar-refractivity contribution in [3.8, 4) is 6.07 Å². The summed E-state index contributed by atoms with van der Waals surface area (Å²) in [7, 11) is 0. The van der Waals surface area contributed by atoms with E-state index in [1.807, 2.05) is 6.07 Å². The van der Waals surface area contributed by atoms with Crippen LogP contribution in [0.25, 0.3) is 0 Å². The minimum atomic E-state index is 0.112. The predicted molar refractivity (Wildman–Crippen MR) is 123 cm³/mol. The number of nitrogens with one attached hydrogen (secondary N) is 1. The van der Waals surface area contributed by atoms with Crippen LogP contribution in [0.3, 0.4) is 0 Å². The van der Waals surface area contributed by atoms with E-state index in [-0.39, 0.29) is 5.91 Å². The Morgan fingerprint density at radius 1 is 1.17 bits per heavy atom. The molecule has 3 rings (SSSR count). The number of amides is 1. The zero-order chi connectivity index (χ0) is 21.3. The fraction of sp³-hybridized carbons (Fsp3) is 0.667. The number of anilines is 1. The number of unbranched alkanes of at least 4 members (excludes halogenated alkanes) is 1. The van der Waals surface area contributed by atoms with E-state index in [9.17, 15) is 4.79 Å². The van der Waals surface area contributed by atoms with Crippen molar-refractivity contribution >= 4 is 23.2 Å². The van der Waals surface area contributed by atoms with Crippen LogP contribution in [-0.2, 0) is 4.79 Å². The molecule has 0 unspecified atom stereocenters. The summed E-state index contributed by atoms with van der Waals surface area (Å²) in [5.74, 6) is 0.895. The SMILES string of the molecule is Cc1cc(Cl)cc(N2CCN(CCC3CCC(NC(=O)CCCC#N)CC3)CC2)c1. The van der Waals surface area contributed by atoms with Gasteiger partial charge in [-0.15, -0.1) is 0 Å². The largest absolute Gasteiger partial charge is 0.369 e. The smallest absolute Gasteiger partial charge is 0.220 e. The molecule has 1 amide bonds. The van der Waals surface area contributed by atoms with Gasteiger partial charge in [0, 0.05) is 55.8 Å². The summed E-state index contributed by atoms with van der Waals surface area (Å²) < 4.78 is 0. The first-order chi connectivity index (χ1) is 14.5. The van der Waals surface area contributed by atoms with Gasteiger partial charge in [-0.25, -0.2) is 0 Å². The van der Waals surface area contributed by atoms with Crippen LogP contribution in [0.5, 0.6) is 0 Å². The zero-order valence-electron chi connectivity index (χ0n) is 18.2. The van der Waals surface area contributed by atoms with Crippen molar-refractivity contribution in [1.29, 1.82) is 5.26 Å². The summed E-state index contributed by atoms with van der Waals surface area (Å²) in [6, 6.07) is 8.74. The Balaban J connectivity index is 1.31. The summed E-state index contributed by atoms with van der Waals surface area (Å²) in [6.45, 7) is 7.62. The second kappa shape index (κ2) is 11.6. The molecule has 30 heavy (non-hydrogen) atoms. The summed E-state index contributed by atoms with van der Waals surface area (Å²) in [6.07, 6.45) is 7.49. The average molecular weight is 431 g/mol. The third-order valence-corrected chi connectivity index (χ3v) is 6.74. The molecule has 1 aromatic rings. The topological polar surface area (TPSA) is 59.4 Å². The van der Waals surface area contributed by atoms with Crippen molar-refractivity contribution in [2.75, 3.05) is 37.6 Å². The summed E-state index contributed by atoms with van der Waals surface area (Å²) >= 11 is 6.23. The number of carbonyl (C=O) groups is 1. The van der Waals surface area contributed by atoms with Crippen molar-refractivity contribution in [2.24, 2.45) is 5.92 Å². The molecule has 1 aromatic carbocycles. The lowest BCUT2D eigenvalue weighted by molar-refractivity contribution is -0.122. The Labute approximate surface area is 186 Å². The van der Waals surface area contributed by atoms with Gasteiger partial charge in [0.1, 0.15) is 0 Å². The molecule has 1 aliphatic heterocycles. The van der Waals surface area contributed by atoms with Crippen LogP contribution in [0.1, 0.15) is 56.9 Å². The molecule has 0 radical (unpaired) electrons. The van der Waals surface area contributed by atoms with Gasteiger partial charge in [0.25, 0.3) is 0 Å². The highest BCUT2D eigenvalue weighted by Gasteiger charge is 2.24. The Morgan fingerprint density at radius 3 is 2.57 bits per heavy atom. The highest BCUT2D eigenvalue weighted by molar-refractivity contribution is 6.30. The van der Waals surface area contributed by atoms with Crippen LogP contribution in [0.4, 0.5) is 5.69 Å². The first-order valence-corrected chi connectivity index (χ1v) is 11.8. The van der Waals surface area contributed by atoms with Gasteiger partial charge in [0.15, 0.2) is 0 Å². The van der Waals surface area contributed by atoms with Gasteiger partial charge in [-0.1, -0.05) is 11.6 Å². The minimum absolute atomic E-state index is 0.112. The highest BCUT2D eigenvalue weighted by atomic mass is 35.5. The molecule has 1 heterocycles. The van der Waals surface area contributed by atoms with E-state index in [1.54, 1.807) is 0 Å². The monoisotopic (exact) mass is 430 g/mol. The molecule has 164 valence electrons. The summed E-state index contributed by atoms with van der Waals surface area (Å²) in [5, 5.41) is 12.5. The molecule has 1 aliphatic carbocycles. The van der Waals surface area contributed by atoms with Crippen LogP contribution >= 0.6 is 11.6 Å². The average Bonchev–Trinajstić information content (AvgIpc) is 2.73. The van der Waals surface area contributed by atoms with E-state index in [1.165, 1.54) is 37.1 Å². The van der Waals surface area contributed by atoms with Crippen molar-refractivity contribution in [3.05, 3.63) is 28.8 Å². The molecular formula is C24H35ClN4O. The van der Waals surface area contributed by atoms with Gasteiger partial charge in [-0.05, 0) is 81.7 Å². The van der Waals surface area contributed by atoms with E-state index in [0.29, 0.717) is 25.3 Å². The second-order valence-corrected chi connectivity index (χ2v) is 9.34. The first-order valence-electron chi connectivity index (χ1n) is 11.4. The predicted octanol–water partition coefficient (Wildman–Crippen LogP) is 4.53. The maximum Gasteiger partial charge on any atom is 0.220 e. The second-order valence-electron chi connectivity index (χ2n) is 8.90. The Kier molecular flexibility index (Phi) is 8.84. The third-order valence-electron chi connectivity index (χ3n) is 6.52. The molecular weight excluding hydrogens is 396 g/mol. The van der Waals surface area contributed by atoms with E-state index in [2.05, 4.69) is 40.2 Å². The van der Waals surface area contributed by atoms with Crippen molar-refractivity contribution in [1.82, 2.24) is 10.2 Å². The quantitative estimate of drug-likeness (QED) is 0.615. The summed E-state index contributed by atoms with van der Waals surface area (Å²) in [5.41, 5.74) is 2.46. The van der Waals surface area contributed by atoms with Gasteiger partial charge >= 0.3 is 0 Å². The number of carbonyl (C=O) groups excluding carboxylic acids is 1. The van der Waals surface area contributed by atoms with Crippen molar-refractivity contribution in [3.63, 3.8) is 0 Å². The molecule has 2 fully saturated rings. The number of hydrogen-bond acceptors (Lipinski definition) is 4. The number of nitriles is 1. The molecule has 5 nitrogen and oxygen atoms in total. The summed E-state index contributed by atoms with van der Waals surface area (Å²) in [4.78, 5) is 17.0. The minimum Gasteiger partial charge on any atom is -0.369 e. The fourth-order valence-corrected chi connectivity index (χ4v) is 5.00. The van der Waals surface area contributed by atoms with E-state index >= 15 is 0 Å². The number of halogens is 1. The van der Waals surface area contributed by atoms with Crippen LogP contribution < -0.4 is 10.2 Å². The van der Waals surface area contributed by atoms with E-state index < -0.39 is 0 Å². The van der Waals surface area contributed by atoms with E-state index in [0.717, 1.165) is 50.0 Å². The van der Waals surface area contributed by atoms with Gasteiger partial charge < -0.3 is 10.2 Å². The Morgan fingerprint density at radius 2 is 1.90 bits per heavy atom. The number of aryl methyl sites for hydroxylation is 1. The lowest BCUT2D eigenvalue weighted by atomic mass is 9.84. The number of rotatable bonds is 8. The van der Waals surface area contributed by atoms with Gasteiger partial charge in [0.2, 0.25) is 5.91 Å². The Hall–Kier alpha value is -1.77. The number of nitrogens with zero attached hydrogens (tertiary/aromatic N) is 3. The van der Waals surface area contributed by atoms with E-state index in [4.69, 9.17) is 16.9 Å². The van der Waals surface area contributed by atoms with Crippen molar-refractivity contribution < 1.29 is 4.79 Å². The molecule has 2 aliphatic rings. The van der Waals surface area contributed by atoms with Crippen molar-refractivity contribution in [2.45, 2.75) is 64.3 Å². The first kappa shape index (κ1) is 22.9. The lowest BCUT2D eigenvalue weighted by Gasteiger charge is -2.37. The highest BCUT2D eigenvalue weighted by Crippen LogP contribution is 2.28. The number of piperazine rings is 1. The lowest BCUT2D eigenvalue weighted by Crippen LogP contribution is -2.47. The molecule has 6 heteroatoms. The van der Waals surface area contributed by atoms with Gasteiger partial charge in [-0.3, -0.25) is 9.69 Å². The fourth-order valence-electron chi connectivity index (χ4n) is 4.72. The number of benzene rings is 1. The third kappa shape index (κ3) is 7.18. The maximum atomic E-state index is 11.9. The molecule has 0 bridgehead atoms. The van der Waals surface area contributed by atoms with Gasteiger partial charge in [0.05, 0.1) is 6.07 Å². The molecule has 0 aromatic heterocycles. The zero-order valence-corrected chi connectivity index (χ0v) is 19.0. The van der Waals surface area contributed by atoms with Crippen LogP contribution in [0.15, 0.2) is 18.2 Å². The molecule has 0 atom stereocenters. The molecule has 1 saturated carbocycles. The van der Waals surface area contributed by atoms with Crippen LogP contribution in [-0.4, -0.2) is 49.6 Å². The normalized spacial score (nSPS) is 22.5. The molecule has 0 spiro atoms. The molecule has 1 N–H and O–H groups in total.